The van der Waals surface area contributed by atoms with Gasteiger partial charge in [0.15, 0.2) is 0 Å². The van der Waals surface area contributed by atoms with Gasteiger partial charge in [-0.1, -0.05) is 26.0 Å². The molecule has 1 fully saturated rings. The molecule has 1 amide bonds. The van der Waals surface area contributed by atoms with Crippen LogP contribution in [0.5, 0.6) is 0 Å². The zero-order valence-corrected chi connectivity index (χ0v) is 11.4. The maximum absolute atomic E-state index is 11.3. The summed E-state index contributed by atoms with van der Waals surface area (Å²) in [5, 5.41) is 13.3. The Morgan fingerprint density at radius 3 is 2.47 bits per heavy atom. The summed E-state index contributed by atoms with van der Waals surface area (Å²) in [5.74, 6) is 0. The number of halogens is 1. The van der Waals surface area contributed by atoms with Gasteiger partial charge in [0, 0.05) is 17.5 Å². The number of rotatable bonds is 2. The van der Waals surface area contributed by atoms with Gasteiger partial charge in [-0.3, -0.25) is 10.1 Å². The van der Waals surface area contributed by atoms with Gasteiger partial charge in [-0.25, -0.2) is 4.79 Å². The van der Waals surface area contributed by atoms with E-state index in [2.05, 4.69) is 5.32 Å². The van der Waals surface area contributed by atoms with E-state index < -0.39 is 11.0 Å². The molecule has 7 heteroatoms. The molecule has 0 saturated carbocycles. The smallest absolute Gasteiger partial charge is 0.407 e. The molecule has 19 heavy (non-hydrogen) atoms. The zero-order chi connectivity index (χ0) is 13.3. The maximum atomic E-state index is 11.3. The Morgan fingerprint density at radius 1 is 1.37 bits per heavy atom. The molecular weight excluding hydrogens is 272 g/mol. The zero-order valence-electron chi connectivity index (χ0n) is 10.6. The molecule has 0 spiro atoms. The third-order valence-corrected chi connectivity index (χ3v) is 3.06. The molecule has 1 saturated heterocycles. The van der Waals surface area contributed by atoms with Crippen LogP contribution in [0.4, 0.5) is 10.5 Å². The van der Waals surface area contributed by atoms with Gasteiger partial charge < -0.3 is 10.1 Å². The number of benzene rings is 1. The first-order valence-corrected chi connectivity index (χ1v) is 5.58. The molecule has 0 bridgehead atoms. The van der Waals surface area contributed by atoms with E-state index in [1.54, 1.807) is 12.1 Å². The lowest BCUT2D eigenvalue weighted by Crippen LogP contribution is -2.46. The molecule has 1 atom stereocenters. The highest BCUT2D eigenvalue weighted by Crippen LogP contribution is 2.36. The minimum atomic E-state index is -0.460. The van der Waals surface area contributed by atoms with Gasteiger partial charge in [0.25, 0.3) is 5.69 Å². The third-order valence-electron chi connectivity index (χ3n) is 3.06. The van der Waals surface area contributed by atoms with Crippen LogP contribution < -0.4 is 5.32 Å². The highest BCUT2D eigenvalue weighted by Gasteiger charge is 2.37. The molecule has 1 aliphatic rings. The molecule has 1 aliphatic heterocycles. The Kier molecular flexibility index (Phi) is 4.36. The predicted molar refractivity (Wildman–Crippen MR) is 71.4 cm³/mol. The Hall–Kier alpha value is -1.82. The second-order valence-electron chi connectivity index (χ2n) is 4.99. The highest BCUT2D eigenvalue weighted by molar-refractivity contribution is 5.85. The summed E-state index contributed by atoms with van der Waals surface area (Å²) in [6, 6.07) is 5.99. The number of nitro groups is 1. The fourth-order valence-corrected chi connectivity index (χ4v) is 2.01. The van der Waals surface area contributed by atoms with Crippen molar-refractivity contribution in [1.82, 2.24) is 5.32 Å². The summed E-state index contributed by atoms with van der Waals surface area (Å²) in [6.07, 6.45) is -0.460. The number of nitrogens with one attached hydrogen (secondary N) is 1. The summed E-state index contributed by atoms with van der Waals surface area (Å²) in [5.41, 5.74) is 0.613. The standard InChI is InChI=1S/C12H14N2O4.ClH/c1-12(2)7-18-11(15)13-10(12)8-3-5-9(6-4-8)14(16)17;/h3-6,10H,7H2,1-2H3,(H,13,15);1H/t10-;/m1./s1. The van der Waals surface area contributed by atoms with Gasteiger partial charge in [0.2, 0.25) is 0 Å². The molecule has 2 rings (SSSR count). The summed E-state index contributed by atoms with van der Waals surface area (Å²) in [4.78, 5) is 21.4. The molecule has 1 aromatic carbocycles. The number of non-ortho nitro benzene ring substituents is 1. The molecular formula is C12H15ClN2O4. The van der Waals surface area contributed by atoms with Crippen molar-refractivity contribution in [2.24, 2.45) is 5.41 Å². The van der Waals surface area contributed by atoms with Gasteiger partial charge in [0.1, 0.15) is 6.61 Å². The van der Waals surface area contributed by atoms with Crippen molar-refractivity contribution in [1.29, 1.82) is 0 Å². The number of nitrogens with zero attached hydrogens (tertiary/aromatic N) is 1. The molecule has 1 N–H and O–H groups in total. The summed E-state index contributed by atoms with van der Waals surface area (Å²) < 4.78 is 4.95. The normalized spacial score (nSPS) is 20.7. The number of carbonyl (C=O) groups excluding carboxylic acids is 1. The lowest BCUT2D eigenvalue weighted by Gasteiger charge is -2.38. The first-order chi connectivity index (χ1) is 8.40. The molecule has 1 heterocycles. The van der Waals surface area contributed by atoms with Crippen LogP contribution in [0.25, 0.3) is 0 Å². The van der Waals surface area contributed by atoms with E-state index in [0.29, 0.717) is 6.61 Å². The van der Waals surface area contributed by atoms with Crippen LogP contribution in [-0.4, -0.2) is 17.6 Å². The quantitative estimate of drug-likeness (QED) is 0.669. The van der Waals surface area contributed by atoms with Crippen LogP contribution in [0.3, 0.4) is 0 Å². The van der Waals surface area contributed by atoms with Crippen molar-refractivity contribution >= 4 is 24.2 Å². The highest BCUT2D eigenvalue weighted by atomic mass is 35.5. The van der Waals surface area contributed by atoms with E-state index in [1.165, 1.54) is 12.1 Å². The minimum Gasteiger partial charge on any atom is -0.449 e. The number of hydrogen-bond donors (Lipinski definition) is 1. The average molecular weight is 287 g/mol. The Morgan fingerprint density at radius 2 is 1.95 bits per heavy atom. The van der Waals surface area contributed by atoms with Crippen molar-refractivity contribution in [2.75, 3.05) is 6.61 Å². The number of amides is 1. The molecule has 0 radical (unpaired) electrons. The lowest BCUT2D eigenvalue weighted by molar-refractivity contribution is -0.384. The average Bonchev–Trinajstić information content (AvgIpc) is 2.32. The van der Waals surface area contributed by atoms with Gasteiger partial charge in [-0.2, -0.15) is 0 Å². The topological polar surface area (TPSA) is 81.5 Å². The monoisotopic (exact) mass is 286 g/mol. The predicted octanol–water partition coefficient (Wildman–Crippen LogP) is 2.82. The number of nitro benzene ring substituents is 1. The number of carbonyl (C=O) groups is 1. The van der Waals surface area contributed by atoms with Crippen LogP contribution >= 0.6 is 12.4 Å². The van der Waals surface area contributed by atoms with E-state index in [1.807, 2.05) is 13.8 Å². The third kappa shape index (κ3) is 3.14. The van der Waals surface area contributed by atoms with Gasteiger partial charge >= 0.3 is 6.09 Å². The van der Waals surface area contributed by atoms with Crippen molar-refractivity contribution in [2.45, 2.75) is 19.9 Å². The Balaban J connectivity index is 0.00000180. The van der Waals surface area contributed by atoms with Crippen LogP contribution in [0.1, 0.15) is 25.5 Å². The van der Waals surface area contributed by atoms with E-state index >= 15 is 0 Å². The lowest BCUT2D eigenvalue weighted by atomic mass is 9.80. The van der Waals surface area contributed by atoms with Crippen LogP contribution in [0.15, 0.2) is 24.3 Å². The second kappa shape index (κ2) is 5.44. The molecule has 104 valence electrons. The molecule has 0 aliphatic carbocycles. The molecule has 1 aromatic rings. The van der Waals surface area contributed by atoms with Crippen molar-refractivity contribution in [3.8, 4) is 0 Å². The molecule has 0 aromatic heterocycles. The summed E-state index contributed by atoms with van der Waals surface area (Å²) >= 11 is 0. The van der Waals surface area contributed by atoms with E-state index in [4.69, 9.17) is 4.74 Å². The van der Waals surface area contributed by atoms with Crippen molar-refractivity contribution in [3.05, 3.63) is 39.9 Å². The molecule has 6 nitrogen and oxygen atoms in total. The first kappa shape index (κ1) is 15.2. The van der Waals surface area contributed by atoms with Gasteiger partial charge in [-0.05, 0) is 5.56 Å². The first-order valence-electron chi connectivity index (χ1n) is 5.58. The number of alkyl carbamates (subject to hydrolysis) is 1. The fraction of sp³-hybridized carbons (Fsp3) is 0.417. The Bertz CT molecular complexity index is 487. The van der Waals surface area contributed by atoms with E-state index in [9.17, 15) is 14.9 Å². The largest absolute Gasteiger partial charge is 0.449 e. The number of ether oxygens (including phenoxy) is 1. The fourth-order valence-electron chi connectivity index (χ4n) is 2.01. The molecule has 0 unspecified atom stereocenters. The van der Waals surface area contributed by atoms with E-state index in [-0.39, 0.29) is 29.6 Å². The second-order valence-corrected chi connectivity index (χ2v) is 4.99. The van der Waals surface area contributed by atoms with Crippen molar-refractivity contribution < 1.29 is 14.5 Å². The van der Waals surface area contributed by atoms with Crippen LogP contribution in [0.2, 0.25) is 0 Å². The van der Waals surface area contributed by atoms with Crippen LogP contribution in [-0.2, 0) is 4.74 Å². The number of hydrogen-bond acceptors (Lipinski definition) is 4. The minimum absolute atomic E-state index is 0. The van der Waals surface area contributed by atoms with Gasteiger partial charge in [-0.15, -0.1) is 12.4 Å². The maximum Gasteiger partial charge on any atom is 0.407 e. The summed E-state index contributed by atoms with van der Waals surface area (Å²) in [6.45, 7) is 4.26. The van der Waals surface area contributed by atoms with Crippen molar-refractivity contribution in [3.63, 3.8) is 0 Å². The van der Waals surface area contributed by atoms with E-state index in [0.717, 1.165) is 5.56 Å². The van der Waals surface area contributed by atoms with Gasteiger partial charge in [0.05, 0.1) is 11.0 Å². The Labute approximate surface area is 116 Å². The number of cyclic esters (lactones) is 1. The summed E-state index contributed by atoms with van der Waals surface area (Å²) in [7, 11) is 0. The van der Waals surface area contributed by atoms with Crippen LogP contribution in [0, 0.1) is 15.5 Å². The SMILES string of the molecule is CC1(C)COC(=O)N[C@@H]1c1ccc([N+](=O)[O-])cc1.Cl.